The summed E-state index contributed by atoms with van der Waals surface area (Å²) in [5.74, 6) is 0. The van der Waals surface area contributed by atoms with Gasteiger partial charge >= 0.3 is 0 Å². The van der Waals surface area contributed by atoms with E-state index in [1.165, 1.54) is 0 Å². The third kappa shape index (κ3) is 2.58. The lowest BCUT2D eigenvalue weighted by molar-refractivity contribution is 0.112. The molecule has 0 aliphatic heterocycles. The van der Waals surface area contributed by atoms with Gasteiger partial charge in [0.15, 0.2) is 6.29 Å². The van der Waals surface area contributed by atoms with Crippen molar-refractivity contribution in [2.24, 2.45) is 7.05 Å². The molecule has 0 atom stereocenters. The molecule has 0 N–H and O–H groups in total. The molecular formula is C13H14N2OS. The van der Waals surface area contributed by atoms with Crippen LogP contribution in [0.1, 0.15) is 21.6 Å². The lowest BCUT2D eigenvalue weighted by Crippen LogP contribution is -1.93. The monoisotopic (exact) mass is 246 g/mol. The molecule has 0 spiro atoms. The molecule has 2 rings (SSSR count). The van der Waals surface area contributed by atoms with Crippen LogP contribution in [0.5, 0.6) is 0 Å². The Kier molecular flexibility index (Phi) is 3.33. The molecule has 0 aliphatic carbocycles. The van der Waals surface area contributed by atoms with Crippen LogP contribution in [0, 0.1) is 13.8 Å². The molecule has 0 fully saturated rings. The average molecular weight is 246 g/mol. The minimum atomic E-state index is 0.730. The van der Waals surface area contributed by atoms with Crippen molar-refractivity contribution >= 4 is 18.0 Å². The van der Waals surface area contributed by atoms with E-state index in [1.54, 1.807) is 11.8 Å². The second-order valence-corrected chi connectivity index (χ2v) is 5.07. The number of benzene rings is 1. The molecule has 0 unspecified atom stereocenters. The highest BCUT2D eigenvalue weighted by atomic mass is 32.2. The summed E-state index contributed by atoms with van der Waals surface area (Å²) in [5, 5.41) is 5.32. The molecule has 88 valence electrons. The van der Waals surface area contributed by atoms with E-state index in [0.29, 0.717) is 0 Å². The van der Waals surface area contributed by atoms with Gasteiger partial charge in [0.05, 0.1) is 10.7 Å². The quantitative estimate of drug-likeness (QED) is 0.781. The fourth-order valence-corrected chi connectivity index (χ4v) is 2.64. The largest absolute Gasteiger partial charge is 0.298 e. The van der Waals surface area contributed by atoms with Crippen LogP contribution in [0.15, 0.2) is 34.2 Å². The van der Waals surface area contributed by atoms with E-state index in [-0.39, 0.29) is 0 Å². The number of aromatic nitrogens is 2. The molecule has 2 aromatic rings. The number of hydrogen-bond acceptors (Lipinski definition) is 3. The summed E-state index contributed by atoms with van der Waals surface area (Å²) in [6.45, 7) is 3.94. The Labute approximate surface area is 105 Å². The Morgan fingerprint density at radius 2 is 2.06 bits per heavy atom. The van der Waals surface area contributed by atoms with Crippen molar-refractivity contribution in [2.75, 3.05) is 0 Å². The van der Waals surface area contributed by atoms with Gasteiger partial charge in [0, 0.05) is 17.5 Å². The Balaban J connectivity index is 2.36. The lowest BCUT2D eigenvalue weighted by atomic mass is 10.2. The Hall–Kier alpha value is -1.55. The molecule has 0 saturated heterocycles. The van der Waals surface area contributed by atoms with E-state index in [4.69, 9.17) is 0 Å². The summed E-state index contributed by atoms with van der Waals surface area (Å²) in [6.07, 6.45) is 0.901. The average Bonchev–Trinajstić information content (AvgIpc) is 2.60. The smallest absolute Gasteiger partial charge is 0.151 e. The highest BCUT2D eigenvalue weighted by molar-refractivity contribution is 7.99. The topological polar surface area (TPSA) is 34.9 Å². The van der Waals surface area contributed by atoms with Crippen molar-refractivity contribution in [3.05, 3.63) is 41.1 Å². The SMILES string of the molecule is Cc1ccc(Sc2cc(C)nn2C)c(C=O)c1. The van der Waals surface area contributed by atoms with Gasteiger partial charge < -0.3 is 0 Å². The van der Waals surface area contributed by atoms with Crippen molar-refractivity contribution in [3.63, 3.8) is 0 Å². The molecule has 0 saturated carbocycles. The summed E-state index contributed by atoms with van der Waals surface area (Å²) in [5.41, 5.74) is 2.81. The van der Waals surface area contributed by atoms with Crippen LogP contribution >= 0.6 is 11.8 Å². The van der Waals surface area contributed by atoms with Gasteiger partial charge in [-0.25, -0.2) is 0 Å². The van der Waals surface area contributed by atoms with Crippen LogP contribution in [-0.2, 0) is 7.05 Å². The maximum Gasteiger partial charge on any atom is 0.151 e. The summed E-state index contributed by atoms with van der Waals surface area (Å²) >= 11 is 1.56. The van der Waals surface area contributed by atoms with Crippen molar-refractivity contribution in [1.29, 1.82) is 0 Å². The number of aldehydes is 1. The van der Waals surface area contributed by atoms with Gasteiger partial charge in [0.2, 0.25) is 0 Å². The molecule has 0 amide bonds. The summed E-state index contributed by atoms with van der Waals surface area (Å²) in [7, 11) is 1.91. The molecule has 4 heteroatoms. The zero-order valence-corrected chi connectivity index (χ0v) is 10.9. The first kappa shape index (κ1) is 11.9. The fourth-order valence-electron chi connectivity index (χ4n) is 1.65. The third-order valence-electron chi connectivity index (χ3n) is 2.47. The minimum absolute atomic E-state index is 0.730. The van der Waals surface area contributed by atoms with Crippen LogP contribution in [0.25, 0.3) is 0 Å². The minimum Gasteiger partial charge on any atom is -0.298 e. The summed E-state index contributed by atoms with van der Waals surface area (Å²) in [6, 6.07) is 7.91. The predicted octanol–water partition coefficient (Wildman–Crippen LogP) is 3.00. The second kappa shape index (κ2) is 4.75. The molecule has 17 heavy (non-hydrogen) atoms. The van der Waals surface area contributed by atoms with Crippen molar-refractivity contribution in [1.82, 2.24) is 9.78 Å². The van der Waals surface area contributed by atoms with Crippen LogP contribution in [0.2, 0.25) is 0 Å². The van der Waals surface area contributed by atoms with Gasteiger partial charge in [-0.05, 0) is 32.0 Å². The molecule has 0 bridgehead atoms. The number of rotatable bonds is 3. The number of nitrogens with zero attached hydrogens (tertiary/aromatic N) is 2. The zero-order valence-electron chi connectivity index (χ0n) is 10.1. The van der Waals surface area contributed by atoms with Gasteiger partial charge in [-0.3, -0.25) is 9.48 Å². The normalized spacial score (nSPS) is 10.5. The van der Waals surface area contributed by atoms with E-state index in [1.807, 2.05) is 49.8 Å². The maximum atomic E-state index is 11.0. The first-order valence-electron chi connectivity index (χ1n) is 5.34. The van der Waals surface area contributed by atoms with Gasteiger partial charge in [-0.2, -0.15) is 5.10 Å². The molecule has 0 radical (unpaired) electrons. The molecule has 0 aliphatic rings. The maximum absolute atomic E-state index is 11.0. The van der Waals surface area contributed by atoms with E-state index in [9.17, 15) is 4.79 Å². The van der Waals surface area contributed by atoms with E-state index in [2.05, 4.69) is 5.10 Å². The standard InChI is InChI=1S/C13H14N2OS/c1-9-4-5-12(11(6-9)8-16)17-13-7-10(2)14-15(13)3/h4-8H,1-3H3. The van der Waals surface area contributed by atoms with E-state index in [0.717, 1.165) is 33.0 Å². The lowest BCUT2D eigenvalue weighted by Gasteiger charge is -2.05. The fraction of sp³-hybridized carbons (Fsp3) is 0.231. The van der Waals surface area contributed by atoms with Gasteiger partial charge in [-0.15, -0.1) is 0 Å². The first-order chi connectivity index (χ1) is 8.10. The van der Waals surface area contributed by atoms with Crippen LogP contribution in [0.4, 0.5) is 0 Å². The van der Waals surface area contributed by atoms with Gasteiger partial charge in [-0.1, -0.05) is 23.4 Å². The molecule has 1 aromatic carbocycles. The number of hydrogen-bond donors (Lipinski definition) is 0. The number of carbonyl (C=O) groups is 1. The Bertz CT molecular complexity index is 561. The first-order valence-corrected chi connectivity index (χ1v) is 6.16. The molecular weight excluding hydrogens is 232 g/mol. The molecule has 1 heterocycles. The van der Waals surface area contributed by atoms with E-state index < -0.39 is 0 Å². The van der Waals surface area contributed by atoms with Gasteiger partial charge in [0.25, 0.3) is 0 Å². The van der Waals surface area contributed by atoms with Crippen LogP contribution in [0.3, 0.4) is 0 Å². The predicted molar refractivity (Wildman–Crippen MR) is 68.6 cm³/mol. The Morgan fingerprint density at radius 1 is 1.29 bits per heavy atom. The van der Waals surface area contributed by atoms with Crippen molar-refractivity contribution in [3.8, 4) is 0 Å². The van der Waals surface area contributed by atoms with Gasteiger partial charge in [0.1, 0.15) is 0 Å². The third-order valence-corrected chi connectivity index (χ3v) is 3.65. The molecule has 3 nitrogen and oxygen atoms in total. The van der Waals surface area contributed by atoms with Crippen LogP contribution in [-0.4, -0.2) is 16.1 Å². The second-order valence-electron chi connectivity index (χ2n) is 4.01. The van der Waals surface area contributed by atoms with Crippen molar-refractivity contribution < 1.29 is 4.79 Å². The molecule has 1 aromatic heterocycles. The summed E-state index contributed by atoms with van der Waals surface area (Å²) < 4.78 is 1.83. The Morgan fingerprint density at radius 3 is 2.65 bits per heavy atom. The van der Waals surface area contributed by atoms with Crippen LogP contribution < -0.4 is 0 Å². The van der Waals surface area contributed by atoms with E-state index >= 15 is 0 Å². The summed E-state index contributed by atoms with van der Waals surface area (Å²) in [4.78, 5) is 12.0. The van der Waals surface area contributed by atoms with Crippen molar-refractivity contribution in [2.45, 2.75) is 23.8 Å². The zero-order chi connectivity index (χ0) is 12.4. The highest BCUT2D eigenvalue weighted by Gasteiger charge is 2.08. The highest BCUT2D eigenvalue weighted by Crippen LogP contribution is 2.30. The number of carbonyl (C=O) groups excluding carboxylic acids is 1. The number of aryl methyl sites for hydroxylation is 3.